The number of benzene rings is 1. The summed E-state index contributed by atoms with van der Waals surface area (Å²) in [7, 11) is 1.50. The second-order valence-electron chi connectivity index (χ2n) is 4.28. The fourth-order valence-electron chi connectivity index (χ4n) is 1.84. The molecule has 1 aromatic heterocycles. The van der Waals surface area contributed by atoms with Crippen LogP contribution in [0.4, 0.5) is 0 Å². The minimum atomic E-state index is 0.0712. The third-order valence-corrected chi connectivity index (χ3v) is 2.74. The molecule has 0 radical (unpaired) electrons. The first-order valence-electron chi connectivity index (χ1n) is 6.08. The molecule has 0 bridgehead atoms. The summed E-state index contributed by atoms with van der Waals surface area (Å²) in [5.41, 5.74) is 1.90. The van der Waals surface area contributed by atoms with E-state index >= 15 is 0 Å². The number of rotatable bonds is 7. The Balaban J connectivity index is 1.97. The Kier molecular flexibility index (Phi) is 4.41. The number of methoxy groups -OCH3 is 1. The van der Waals surface area contributed by atoms with Crippen molar-refractivity contribution < 1.29 is 18.7 Å². The standard InChI is InChI=1S/C14H15NO4/c1-18-9-11(17)3-2-4-14-15-12-7-10(8-16)5-6-13(12)19-14/h5-8H,2-4,9H2,1H3. The number of Topliss-reactive ketones (excluding diaryl/α,β-unsaturated/α-hetero) is 1. The number of fused-ring (bicyclic) bond motifs is 1. The molecule has 0 unspecified atom stereocenters. The number of carbonyl (C=O) groups is 2. The van der Waals surface area contributed by atoms with Crippen molar-refractivity contribution >= 4 is 23.2 Å². The topological polar surface area (TPSA) is 69.4 Å². The van der Waals surface area contributed by atoms with Gasteiger partial charge in [-0.2, -0.15) is 0 Å². The maximum Gasteiger partial charge on any atom is 0.195 e. The Bertz CT molecular complexity index is 588. The van der Waals surface area contributed by atoms with Crippen LogP contribution in [0.5, 0.6) is 0 Å². The number of aldehydes is 1. The Morgan fingerprint density at radius 2 is 2.32 bits per heavy atom. The summed E-state index contributed by atoms with van der Waals surface area (Å²) in [6, 6.07) is 5.10. The molecule has 0 saturated carbocycles. The van der Waals surface area contributed by atoms with Crippen LogP contribution < -0.4 is 0 Å². The zero-order valence-electron chi connectivity index (χ0n) is 10.7. The molecule has 0 atom stereocenters. The summed E-state index contributed by atoms with van der Waals surface area (Å²) in [5, 5.41) is 0. The third kappa shape index (κ3) is 3.48. The van der Waals surface area contributed by atoms with Gasteiger partial charge >= 0.3 is 0 Å². The van der Waals surface area contributed by atoms with Gasteiger partial charge in [-0.25, -0.2) is 4.98 Å². The van der Waals surface area contributed by atoms with Crippen LogP contribution in [0.1, 0.15) is 29.1 Å². The minimum Gasteiger partial charge on any atom is -0.441 e. The number of carbonyl (C=O) groups excluding carboxylic acids is 2. The number of ether oxygens (including phenoxy) is 1. The largest absolute Gasteiger partial charge is 0.441 e. The van der Waals surface area contributed by atoms with Crippen LogP contribution in [0, 0.1) is 0 Å². The first kappa shape index (κ1) is 13.4. The van der Waals surface area contributed by atoms with E-state index in [-0.39, 0.29) is 12.4 Å². The Labute approximate surface area is 110 Å². The molecule has 0 fully saturated rings. The van der Waals surface area contributed by atoms with Gasteiger partial charge in [0.15, 0.2) is 17.3 Å². The van der Waals surface area contributed by atoms with E-state index in [4.69, 9.17) is 9.15 Å². The lowest BCUT2D eigenvalue weighted by Gasteiger charge is -1.97. The molecule has 1 heterocycles. The summed E-state index contributed by atoms with van der Waals surface area (Å²) >= 11 is 0. The molecular weight excluding hydrogens is 246 g/mol. The predicted octanol–water partition coefficient (Wildman–Crippen LogP) is 2.18. The summed E-state index contributed by atoms with van der Waals surface area (Å²) in [6.45, 7) is 0.149. The monoisotopic (exact) mass is 261 g/mol. The highest BCUT2D eigenvalue weighted by Gasteiger charge is 2.08. The zero-order valence-corrected chi connectivity index (χ0v) is 10.7. The highest BCUT2D eigenvalue weighted by atomic mass is 16.5. The van der Waals surface area contributed by atoms with Gasteiger partial charge in [-0.1, -0.05) is 0 Å². The van der Waals surface area contributed by atoms with Crippen molar-refractivity contribution in [3.8, 4) is 0 Å². The van der Waals surface area contributed by atoms with E-state index in [1.165, 1.54) is 7.11 Å². The highest BCUT2D eigenvalue weighted by Crippen LogP contribution is 2.17. The van der Waals surface area contributed by atoms with Crippen molar-refractivity contribution in [1.29, 1.82) is 0 Å². The van der Waals surface area contributed by atoms with Gasteiger partial charge in [0.05, 0.1) is 0 Å². The average molecular weight is 261 g/mol. The molecule has 1 aromatic carbocycles. The summed E-state index contributed by atoms with van der Waals surface area (Å²) in [4.78, 5) is 26.2. The zero-order chi connectivity index (χ0) is 13.7. The van der Waals surface area contributed by atoms with Gasteiger partial charge in [0.1, 0.15) is 18.4 Å². The molecule has 0 spiro atoms. The van der Waals surface area contributed by atoms with Gasteiger partial charge in [-0.05, 0) is 24.6 Å². The Morgan fingerprint density at radius 1 is 1.47 bits per heavy atom. The van der Waals surface area contributed by atoms with Gasteiger partial charge < -0.3 is 9.15 Å². The fourth-order valence-corrected chi connectivity index (χ4v) is 1.84. The van der Waals surface area contributed by atoms with E-state index in [2.05, 4.69) is 4.98 Å². The van der Waals surface area contributed by atoms with E-state index in [0.717, 1.165) is 6.29 Å². The van der Waals surface area contributed by atoms with Crippen molar-refractivity contribution in [2.75, 3.05) is 13.7 Å². The lowest BCUT2D eigenvalue weighted by Crippen LogP contribution is -2.06. The van der Waals surface area contributed by atoms with E-state index in [0.29, 0.717) is 41.8 Å². The first-order chi connectivity index (χ1) is 9.22. The second-order valence-corrected chi connectivity index (χ2v) is 4.28. The van der Waals surface area contributed by atoms with Crippen LogP contribution in [0.3, 0.4) is 0 Å². The quantitative estimate of drug-likeness (QED) is 0.714. The number of aromatic nitrogens is 1. The van der Waals surface area contributed by atoms with E-state index in [9.17, 15) is 9.59 Å². The molecule has 5 heteroatoms. The molecule has 2 rings (SSSR count). The smallest absolute Gasteiger partial charge is 0.195 e. The van der Waals surface area contributed by atoms with Gasteiger partial charge in [-0.3, -0.25) is 9.59 Å². The average Bonchev–Trinajstić information content (AvgIpc) is 2.80. The van der Waals surface area contributed by atoms with E-state index in [1.807, 2.05) is 0 Å². The number of oxazole rings is 1. The molecule has 0 aliphatic carbocycles. The van der Waals surface area contributed by atoms with Crippen molar-refractivity contribution in [1.82, 2.24) is 4.98 Å². The van der Waals surface area contributed by atoms with E-state index in [1.54, 1.807) is 18.2 Å². The van der Waals surface area contributed by atoms with Crippen LogP contribution in [0.15, 0.2) is 22.6 Å². The Hall–Kier alpha value is -2.01. The number of ketones is 1. The third-order valence-electron chi connectivity index (χ3n) is 2.74. The van der Waals surface area contributed by atoms with Crippen LogP contribution in [-0.4, -0.2) is 30.8 Å². The molecule has 19 heavy (non-hydrogen) atoms. The molecule has 2 aromatic rings. The molecule has 0 saturated heterocycles. The Morgan fingerprint density at radius 3 is 3.05 bits per heavy atom. The molecule has 0 amide bonds. The molecule has 0 N–H and O–H groups in total. The normalized spacial score (nSPS) is 10.8. The van der Waals surface area contributed by atoms with Gasteiger partial charge in [0.2, 0.25) is 0 Å². The lowest BCUT2D eigenvalue weighted by molar-refractivity contribution is -0.122. The minimum absolute atomic E-state index is 0.0712. The van der Waals surface area contributed by atoms with Gasteiger partial charge in [-0.15, -0.1) is 0 Å². The summed E-state index contributed by atoms with van der Waals surface area (Å²) < 4.78 is 10.3. The highest BCUT2D eigenvalue weighted by molar-refractivity contribution is 5.83. The van der Waals surface area contributed by atoms with Crippen molar-refractivity contribution in [2.24, 2.45) is 0 Å². The fraction of sp³-hybridized carbons (Fsp3) is 0.357. The molecule has 0 aliphatic rings. The molecule has 0 aliphatic heterocycles. The molecule has 100 valence electrons. The summed E-state index contributed by atoms with van der Waals surface area (Å²) in [5.74, 6) is 0.658. The van der Waals surface area contributed by atoms with Crippen LogP contribution in [0.2, 0.25) is 0 Å². The lowest BCUT2D eigenvalue weighted by atomic mass is 10.2. The van der Waals surface area contributed by atoms with Crippen molar-refractivity contribution in [2.45, 2.75) is 19.3 Å². The molecule has 5 nitrogen and oxygen atoms in total. The maximum absolute atomic E-state index is 11.3. The van der Waals surface area contributed by atoms with Crippen molar-refractivity contribution in [3.05, 3.63) is 29.7 Å². The molecular formula is C14H15NO4. The van der Waals surface area contributed by atoms with E-state index < -0.39 is 0 Å². The number of nitrogens with zero attached hydrogens (tertiary/aromatic N) is 1. The second kappa shape index (κ2) is 6.24. The van der Waals surface area contributed by atoms with Gasteiger partial charge in [0.25, 0.3) is 0 Å². The van der Waals surface area contributed by atoms with Crippen LogP contribution >= 0.6 is 0 Å². The number of hydrogen-bond donors (Lipinski definition) is 0. The maximum atomic E-state index is 11.3. The number of hydrogen-bond acceptors (Lipinski definition) is 5. The predicted molar refractivity (Wildman–Crippen MR) is 69.2 cm³/mol. The van der Waals surface area contributed by atoms with Crippen LogP contribution in [-0.2, 0) is 16.0 Å². The summed E-state index contributed by atoms with van der Waals surface area (Å²) in [6.07, 6.45) is 2.50. The number of aryl methyl sites for hydroxylation is 1. The first-order valence-corrected chi connectivity index (χ1v) is 6.08. The van der Waals surface area contributed by atoms with Gasteiger partial charge in [0, 0.05) is 25.5 Å². The SMILES string of the molecule is COCC(=O)CCCc1nc2cc(C=O)ccc2o1. The van der Waals surface area contributed by atoms with Crippen molar-refractivity contribution in [3.63, 3.8) is 0 Å². The van der Waals surface area contributed by atoms with Crippen LogP contribution in [0.25, 0.3) is 11.1 Å².